The molecule has 0 amide bonds. The molecule has 0 bridgehead atoms. The Kier molecular flexibility index (Phi) is 7.70. The van der Waals surface area contributed by atoms with E-state index >= 15 is 0 Å². The zero-order valence-electron chi connectivity index (χ0n) is 11.4. The van der Waals surface area contributed by atoms with Crippen LogP contribution in [0.15, 0.2) is 0 Å². The SMILES string of the molecule is COCCCOCCSCC1(CC(=O)OC)CC1. The third kappa shape index (κ3) is 6.61. The van der Waals surface area contributed by atoms with Crippen LogP contribution in [0.2, 0.25) is 0 Å². The minimum Gasteiger partial charge on any atom is -0.469 e. The normalized spacial score (nSPS) is 16.6. The second-order valence-corrected chi connectivity index (χ2v) is 5.87. The van der Waals surface area contributed by atoms with Gasteiger partial charge in [0.15, 0.2) is 0 Å². The van der Waals surface area contributed by atoms with Crippen LogP contribution < -0.4 is 0 Å². The number of hydrogen-bond acceptors (Lipinski definition) is 5. The standard InChI is InChI=1S/C13H24O4S/c1-15-6-3-7-17-8-9-18-11-13(4-5-13)10-12(14)16-2/h3-11H2,1-2H3. The van der Waals surface area contributed by atoms with Crippen molar-refractivity contribution in [2.75, 3.05) is 45.5 Å². The summed E-state index contributed by atoms with van der Waals surface area (Å²) in [5, 5.41) is 0. The fraction of sp³-hybridized carbons (Fsp3) is 0.923. The summed E-state index contributed by atoms with van der Waals surface area (Å²) in [6, 6.07) is 0. The summed E-state index contributed by atoms with van der Waals surface area (Å²) < 4.78 is 15.1. The van der Waals surface area contributed by atoms with Gasteiger partial charge in [0.05, 0.1) is 20.1 Å². The van der Waals surface area contributed by atoms with Crippen LogP contribution in [0.4, 0.5) is 0 Å². The molecule has 0 aromatic carbocycles. The Labute approximate surface area is 114 Å². The van der Waals surface area contributed by atoms with E-state index in [9.17, 15) is 4.79 Å². The molecule has 106 valence electrons. The van der Waals surface area contributed by atoms with Gasteiger partial charge in [0.25, 0.3) is 0 Å². The smallest absolute Gasteiger partial charge is 0.306 e. The number of hydrogen-bond donors (Lipinski definition) is 0. The van der Waals surface area contributed by atoms with Crippen molar-refractivity contribution < 1.29 is 19.0 Å². The molecule has 0 aromatic rings. The van der Waals surface area contributed by atoms with Gasteiger partial charge in [-0.2, -0.15) is 11.8 Å². The number of carbonyl (C=O) groups excluding carboxylic acids is 1. The molecule has 1 aliphatic rings. The fourth-order valence-electron chi connectivity index (χ4n) is 1.74. The highest BCUT2D eigenvalue weighted by Crippen LogP contribution is 2.51. The van der Waals surface area contributed by atoms with Gasteiger partial charge in [-0.3, -0.25) is 4.79 Å². The van der Waals surface area contributed by atoms with E-state index in [2.05, 4.69) is 0 Å². The van der Waals surface area contributed by atoms with E-state index in [1.165, 1.54) is 7.11 Å². The van der Waals surface area contributed by atoms with Crippen LogP contribution in [0.3, 0.4) is 0 Å². The summed E-state index contributed by atoms with van der Waals surface area (Å²) in [4.78, 5) is 11.2. The molecular formula is C13H24O4S. The molecule has 4 nitrogen and oxygen atoms in total. The molecule has 0 radical (unpaired) electrons. The highest BCUT2D eigenvalue weighted by molar-refractivity contribution is 7.99. The van der Waals surface area contributed by atoms with Gasteiger partial charge in [-0.15, -0.1) is 0 Å². The zero-order chi connectivity index (χ0) is 13.3. The van der Waals surface area contributed by atoms with Crippen LogP contribution in [0, 0.1) is 5.41 Å². The lowest BCUT2D eigenvalue weighted by molar-refractivity contribution is -0.141. The maximum absolute atomic E-state index is 11.2. The van der Waals surface area contributed by atoms with Crippen molar-refractivity contribution in [3.63, 3.8) is 0 Å². The van der Waals surface area contributed by atoms with Crippen molar-refractivity contribution in [2.24, 2.45) is 5.41 Å². The summed E-state index contributed by atoms with van der Waals surface area (Å²) >= 11 is 1.87. The number of thioether (sulfide) groups is 1. The summed E-state index contributed by atoms with van der Waals surface area (Å²) in [7, 11) is 3.16. The first kappa shape index (κ1) is 15.8. The second-order valence-electron chi connectivity index (χ2n) is 4.76. The number of ether oxygens (including phenoxy) is 3. The lowest BCUT2D eigenvalue weighted by atomic mass is 10.1. The van der Waals surface area contributed by atoms with Gasteiger partial charge in [0.2, 0.25) is 0 Å². The molecule has 18 heavy (non-hydrogen) atoms. The molecular weight excluding hydrogens is 252 g/mol. The fourth-order valence-corrected chi connectivity index (χ4v) is 2.94. The minimum atomic E-state index is -0.0797. The van der Waals surface area contributed by atoms with Gasteiger partial charge < -0.3 is 14.2 Å². The Balaban J connectivity index is 1.93. The van der Waals surface area contributed by atoms with Crippen molar-refractivity contribution in [1.82, 2.24) is 0 Å². The van der Waals surface area contributed by atoms with E-state index in [-0.39, 0.29) is 11.4 Å². The molecule has 1 aliphatic carbocycles. The van der Waals surface area contributed by atoms with Crippen LogP contribution in [-0.4, -0.2) is 51.5 Å². The molecule has 0 aliphatic heterocycles. The Morgan fingerprint density at radius 1 is 1.22 bits per heavy atom. The van der Waals surface area contributed by atoms with E-state index in [0.717, 1.165) is 50.6 Å². The van der Waals surface area contributed by atoms with Crippen molar-refractivity contribution in [1.29, 1.82) is 0 Å². The van der Waals surface area contributed by atoms with E-state index in [4.69, 9.17) is 14.2 Å². The largest absolute Gasteiger partial charge is 0.469 e. The summed E-state index contributed by atoms with van der Waals surface area (Å²) in [6.07, 6.45) is 3.84. The molecule has 0 N–H and O–H groups in total. The maximum atomic E-state index is 11.2. The molecule has 0 atom stereocenters. The molecule has 1 fully saturated rings. The molecule has 5 heteroatoms. The predicted octanol–water partition coefficient (Wildman–Crippen LogP) is 2.12. The first-order chi connectivity index (χ1) is 8.72. The Bertz CT molecular complexity index is 241. The molecule has 0 spiro atoms. The van der Waals surface area contributed by atoms with Crippen LogP contribution in [0.25, 0.3) is 0 Å². The highest BCUT2D eigenvalue weighted by atomic mass is 32.2. The molecule has 0 saturated heterocycles. The van der Waals surface area contributed by atoms with Gasteiger partial charge >= 0.3 is 5.97 Å². The third-order valence-corrected chi connectivity index (χ3v) is 4.39. The maximum Gasteiger partial charge on any atom is 0.306 e. The van der Waals surface area contributed by atoms with Gasteiger partial charge in [-0.05, 0) is 30.4 Å². The summed E-state index contributed by atoms with van der Waals surface area (Å²) in [5.41, 5.74) is 0.230. The Hall–Kier alpha value is -0.260. The quantitative estimate of drug-likeness (QED) is 0.427. The van der Waals surface area contributed by atoms with Crippen LogP contribution in [0.5, 0.6) is 0 Å². The molecule has 1 rings (SSSR count). The molecule has 0 heterocycles. The first-order valence-electron chi connectivity index (χ1n) is 6.44. The molecule has 0 aromatic heterocycles. The summed E-state index contributed by atoms with van der Waals surface area (Å²) in [5.74, 6) is 1.96. The van der Waals surface area contributed by atoms with E-state index in [0.29, 0.717) is 6.42 Å². The number of methoxy groups -OCH3 is 2. The van der Waals surface area contributed by atoms with Gasteiger partial charge in [0.1, 0.15) is 0 Å². The van der Waals surface area contributed by atoms with Crippen LogP contribution in [-0.2, 0) is 19.0 Å². The average molecular weight is 276 g/mol. The molecule has 0 unspecified atom stereocenters. The van der Waals surface area contributed by atoms with Crippen molar-refractivity contribution in [3.8, 4) is 0 Å². The lowest BCUT2D eigenvalue weighted by Gasteiger charge is -2.12. The van der Waals surface area contributed by atoms with E-state index in [1.54, 1.807) is 7.11 Å². The van der Waals surface area contributed by atoms with Crippen molar-refractivity contribution in [2.45, 2.75) is 25.7 Å². The van der Waals surface area contributed by atoms with Gasteiger partial charge in [0, 0.05) is 26.1 Å². The van der Waals surface area contributed by atoms with Crippen LogP contribution >= 0.6 is 11.8 Å². The third-order valence-electron chi connectivity index (χ3n) is 3.12. The Morgan fingerprint density at radius 2 is 2.00 bits per heavy atom. The van der Waals surface area contributed by atoms with Crippen LogP contribution in [0.1, 0.15) is 25.7 Å². The highest BCUT2D eigenvalue weighted by Gasteiger charge is 2.44. The van der Waals surface area contributed by atoms with E-state index in [1.807, 2.05) is 11.8 Å². The number of esters is 1. The van der Waals surface area contributed by atoms with Gasteiger partial charge in [-0.25, -0.2) is 0 Å². The first-order valence-corrected chi connectivity index (χ1v) is 7.59. The predicted molar refractivity (Wildman–Crippen MR) is 72.9 cm³/mol. The van der Waals surface area contributed by atoms with Crippen molar-refractivity contribution >= 4 is 17.7 Å². The van der Waals surface area contributed by atoms with Gasteiger partial charge in [-0.1, -0.05) is 0 Å². The average Bonchev–Trinajstić information content (AvgIpc) is 3.12. The zero-order valence-corrected chi connectivity index (χ0v) is 12.2. The topological polar surface area (TPSA) is 44.8 Å². The number of rotatable bonds is 11. The van der Waals surface area contributed by atoms with Crippen molar-refractivity contribution in [3.05, 3.63) is 0 Å². The second kappa shape index (κ2) is 8.77. The van der Waals surface area contributed by atoms with E-state index < -0.39 is 0 Å². The molecule has 1 saturated carbocycles. The summed E-state index contributed by atoms with van der Waals surface area (Å²) in [6.45, 7) is 2.31. The monoisotopic (exact) mass is 276 g/mol. The number of carbonyl (C=O) groups is 1. The minimum absolute atomic E-state index is 0.0797. The lowest BCUT2D eigenvalue weighted by Crippen LogP contribution is -2.13. The Morgan fingerprint density at radius 3 is 2.61 bits per heavy atom.